The van der Waals surface area contributed by atoms with E-state index in [1.54, 1.807) is 7.11 Å². The summed E-state index contributed by atoms with van der Waals surface area (Å²) < 4.78 is 5.34. The number of fused-ring (bicyclic) bond motifs is 2. The van der Waals surface area contributed by atoms with E-state index in [1.807, 2.05) is 24.3 Å². The molecule has 2 fully saturated rings. The zero-order chi connectivity index (χ0) is 13.9. The minimum absolute atomic E-state index is 0. The Hall–Kier alpha value is -1.26. The van der Waals surface area contributed by atoms with Crippen LogP contribution in [0.2, 0.25) is 0 Å². The summed E-state index contributed by atoms with van der Waals surface area (Å²) in [7, 11) is 1.66. The molecule has 5 heteroatoms. The van der Waals surface area contributed by atoms with E-state index in [1.165, 1.54) is 0 Å². The monoisotopic (exact) mass is 310 g/mol. The first-order chi connectivity index (χ1) is 9.79. The van der Waals surface area contributed by atoms with Crippen LogP contribution in [0.5, 0.6) is 5.75 Å². The van der Waals surface area contributed by atoms with Crippen molar-refractivity contribution >= 4 is 18.3 Å². The lowest BCUT2D eigenvalue weighted by Crippen LogP contribution is -2.43. The van der Waals surface area contributed by atoms with Gasteiger partial charge in [0.05, 0.1) is 13.5 Å². The fourth-order valence-electron chi connectivity index (χ4n) is 3.49. The Bertz CT molecular complexity index is 481. The molecule has 2 unspecified atom stereocenters. The van der Waals surface area contributed by atoms with Crippen LogP contribution in [0.1, 0.15) is 24.8 Å². The highest BCUT2D eigenvalue weighted by atomic mass is 35.5. The molecule has 0 radical (unpaired) electrons. The third-order valence-electron chi connectivity index (χ3n) is 4.48. The van der Waals surface area contributed by atoms with Gasteiger partial charge in [-0.15, -0.1) is 12.4 Å². The molecule has 2 saturated heterocycles. The molecule has 2 aliphatic heterocycles. The standard InChI is InChI=1S/C16H22N2O2.ClH/c1-20-15-5-3-2-4-12(15)10-16(19)18-13-6-7-14(18)11-17-9-8-13;/h2-5,13-14,17H,6-11H2,1H3;1H. The van der Waals surface area contributed by atoms with Crippen LogP contribution in [0.3, 0.4) is 0 Å². The third-order valence-corrected chi connectivity index (χ3v) is 4.48. The molecule has 1 aromatic carbocycles. The molecular weight excluding hydrogens is 288 g/mol. The average molecular weight is 311 g/mol. The number of methoxy groups -OCH3 is 1. The Morgan fingerprint density at radius 2 is 2.05 bits per heavy atom. The number of benzene rings is 1. The number of halogens is 1. The van der Waals surface area contributed by atoms with Gasteiger partial charge in [-0.25, -0.2) is 0 Å². The Morgan fingerprint density at radius 1 is 1.29 bits per heavy atom. The predicted molar refractivity (Wildman–Crippen MR) is 85.1 cm³/mol. The lowest BCUT2D eigenvalue weighted by molar-refractivity contribution is -0.133. The smallest absolute Gasteiger partial charge is 0.227 e. The number of nitrogens with zero attached hydrogens (tertiary/aromatic N) is 1. The summed E-state index contributed by atoms with van der Waals surface area (Å²) >= 11 is 0. The predicted octanol–water partition coefficient (Wildman–Crippen LogP) is 2.01. The molecule has 0 spiro atoms. The number of hydrogen-bond donors (Lipinski definition) is 1. The summed E-state index contributed by atoms with van der Waals surface area (Å²) in [6, 6.07) is 8.60. The van der Waals surface area contributed by atoms with Crippen molar-refractivity contribution < 1.29 is 9.53 Å². The molecule has 21 heavy (non-hydrogen) atoms. The molecule has 2 aliphatic rings. The van der Waals surface area contributed by atoms with Gasteiger partial charge in [-0.3, -0.25) is 4.79 Å². The van der Waals surface area contributed by atoms with Crippen molar-refractivity contribution in [2.24, 2.45) is 0 Å². The Kier molecular flexibility index (Phi) is 5.48. The number of nitrogens with one attached hydrogen (secondary N) is 1. The molecule has 0 aliphatic carbocycles. The van der Waals surface area contributed by atoms with E-state index in [4.69, 9.17) is 4.74 Å². The maximum Gasteiger partial charge on any atom is 0.227 e. The van der Waals surface area contributed by atoms with Gasteiger partial charge in [0.1, 0.15) is 5.75 Å². The van der Waals surface area contributed by atoms with E-state index in [0.29, 0.717) is 18.5 Å². The first kappa shape index (κ1) is 16.1. The van der Waals surface area contributed by atoms with Gasteiger partial charge >= 0.3 is 0 Å². The SMILES string of the molecule is COc1ccccc1CC(=O)N1C2CCNCC1CC2.Cl. The molecule has 1 N–H and O–H groups in total. The number of ether oxygens (including phenoxy) is 1. The maximum absolute atomic E-state index is 12.7. The van der Waals surface area contributed by atoms with Gasteiger partial charge in [-0.05, 0) is 31.9 Å². The number of rotatable bonds is 3. The van der Waals surface area contributed by atoms with Gasteiger partial charge in [0, 0.05) is 24.2 Å². The Balaban J connectivity index is 0.00000161. The van der Waals surface area contributed by atoms with Crippen LogP contribution in [0, 0.1) is 0 Å². The summed E-state index contributed by atoms with van der Waals surface area (Å²) in [5.41, 5.74) is 0.983. The van der Waals surface area contributed by atoms with E-state index in [0.717, 1.165) is 43.7 Å². The van der Waals surface area contributed by atoms with Gasteiger partial charge in [0.25, 0.3) is 0 Å². The van der Waals surface area contributed by atoms with Gasteiger partial charge in [0.2, 0.25) is 5.91 Å². The summed E-state index contributed by atoms with van der Waals surface area (Å²) in [5, 5.41) is 3.43. The molecule has 1 aromatic rings. The van der Waals surface area contributed by atoms with Crippen LogP contribution in [0.25, 0.3) is 0 Å². The van der Waals surface area contributed by atoms with E-state index in [2.05, 4.69) is 10.2 Å². The minimum Gasteiger partial charge on any atom is -0.496 e. The van der Waals surface area contributed by atoms with Crippen molar-refractivity contribution in [3.8, 4) is 5.75 Å². The van der Waals surface area contributed by atoms with Crippen LogP contribution in [0.15, 0.2) is 24.3 Å². The van der Waals surface area contributed by atoms with Gasteiger partial charge < -0.3 is 15.0 Å². The molecule has 1 amide bonds. The molecule has 0 saturated carbocycles. The highest BCUT2D eigenvalue weighted by molar-refractivity contribution is 5.85. The fraction of sp³-hybridized carbons (Fsp3) is 0.562. The van der Waals surface area contributed by atoms with Crippen molar-refractivity contribution in [3.05, 3.63) is 29.8 Å². The fourth-order valence-corrected chi connectivity index (χ4v) is 3.49. The van der Waals surface area contributed by atoms with Gasteiger partial charge in [-0.1, -0.05) is 18.2 Å². The van der Waals surface area contributed by atoms with Crippen LogP contribution >= 0.6 is 12.4 Å². The number of carbonyl (C=O) groups is 1. The molecule has 2 bridgehead atoms. The number of para-hydroxylation sites is 1. The van der Waals surface area contributed by atoms with Crippen molar-refractivity contribution in [2.75, 3.05) is 20.2 Å². The molecular formula is C16H23ClN2O2. The molecule has 4 nitrogen and oxygen atoms in total. The summed E-state index contributed by atoms with van der Waals surface area (Å²) in [6.45, 7) is 1.97. The van der Waals surface area contributed by atoms with Crippen LogP contribution in [-0.4, -0.2) is 43.1 Å². The molecule has 0 aromatic heterocycles. The zero-order valence-electron chi connectivity index (χ0n) is 12.4. The Morgan fingerprint density at radius 3 is 2.86 bits per heavy atom. The molecule has 3 rings (SSSR count). The van der Waals surface area contributed by atoms with Crippen molar-refractivity contribution in [2.45, 2.75) is 37.8 Å². The number of hydrogen-bond acceptors (Lipinski definition) is 3. The van der Waals surface area contributed by atoms with E-state index in [9.17, 15) is 4.79 Å². The third kappa shape index (κ3) is 3.33. The minimum atomic E-state index is 0. The topological polar surface area (TPSA) is 41.6 Å². The molecule has 116 valence electrons. The molecule has 2 atom stereocenters. The normalized spacial score (nSPS) is 24.1. The van der Waals surface area contributed by atoms with Crippen molar-refractivity contribution in [3.63, 3.8) is 0 Å². The highest BCUT2D eigenvalue weighted by Gasteiger charge is 2.37. The van der Waals surface area contributed by atoms with Crippen LogP contribution < -0.4 is 10.1 Å². The second-order valence-electron chi connectivity index (χ2n) is 5.67. The summed E-state index contributed by atoms with van der Waals surface area (Å²) in [4.78, 5) is 14.8. The van der Waals surface area contributed by atoms with Gasteiger partial charge in [0.15, 0.2) is 0 Å². The van der Waals surface area contributed by atoms with E-state index < -0.39 is 0 Å². The number of carbonyl (C=O) groups excluding carboxylic acids is 1. The lowest BCUT2D eigenvalue weighted by atomic mass is 10.1. The first-order valence-corrected chi connectivity index (χ1v) is 7.43. The van der Waals surface area contributed by atoms with Crippen molar-refractivity contribution in [1.29, 1.82) is 0 Å². The number of amides is 1. The lowest BCUT2D eigenvalue weighted by Gasteiger charge is -2.28. The van der Waals surface area contributed by atoms with E-state index in [-0.39, 0.29) is 18.3 Å². The van der Waals surface area contributed by atoms with Gasteiger partial charge in [-0.2, -0.15) is 0 Å². The van der Waals surface area contributed by atoms with Crippen LogP contribution in [0.4, 0.5) is 0 Å². The van der Waals surface area contributed by atoms with Crippen molar-refractivity contribution in [1.82, 2.24) is 10.2 Å². The molecule has 2 heterocycles. The average Bonchev–Trinajstić information content (AvgIpc) is 2.72. The van der Waals surface area contributed by atoms with Crippen LogP contribution in [-0.2, 0) is 11.2 Å². The van der Waals surface area contributed by atoms with E-state index >= 15 is 0 Å². The summed E-state index contributed by atoms with van der Waals surface area (Å²) in [5.74, 6) is 1.05. The zero-order valence-corrected chi connectivity index (χ0v) is 13.2. The first-order valence-electron chi connectivity index (χ1n) is 7.43. The quantitative estimate of drug-likeness (QED) is 0.928. The largest absolute Gasteiger partial charge is 0.496 e. The highest BCUT2D eigenvalue weighted by Crippen LogP contribution is 2.29. The Labute approximate surface area is 132 Å². The second-order valence-corrected chi connectivity index (χ2v) is 5.67. The summed E-state index contributed by atoms with van der Waals surface area (Å²) in [6.07, 6.45) is 3.81. The second kappa shape index (κ2) is 7.14. The maximum atomic E-state index is 12.7.